The first kappa shape index (κ1) is 11.2. The number of nitrogens with one attached hydrogen (secondary N) is 1. The molecule has 0 unspecified atom stereocenters. The van der Waals surface area contributed by atoms with Gasteiger partial charge in [0.05, 0.1) is 12.7 Å². The molecule has 0 saturated carbocycles. The molecule has 3 heterocycles. The number of imidazole rings is 1. The third-order valence-electron chi connectivity index (χ3n) is 2.42. The molecular weight excluding hydrogens is 298 g/mol. The lowest BCUT2D eigenvalue weighted by Crippen LogP contribution is -2.04. The molecule has 92 valence electrons. The van der Waals surface area contributed by atoms with E-state index in [-0.39, 0.29) is 0 Å². The number of anilines is 1. The fourth-order valence-electron chi connectivity index (χ4n) is 1.66. The molecule has 3 aromatic heterocycles. The molecule has 0 atom stereocenters. The summed E-state index contributed by atoms with van der Waals surface area (Å²) in [6.07, 6.45) is 7.13. The quantitative estimate of drug-likeness (QED) is 0.804. The van der Waals surface area contributed by atoms with Crippen LogP contribution >= 0.6 is 15.9 Å². The van der Waals surface area contributed by atoms with Gasteiger partial charge in [0.15, 0.2) is 11.5 Å². The van der Waals surface area contributed by atoms with Crippen LogP contribution in [0.1, 0.15) is 11.7 Å². The monoisotopic (exact) mass is 307 g/mol. The molecule has 7 heteroatoms. The molecule has 0 amide bonds. The molecule has 3 aromatic rings. The van der Waals surface area contributed by atoms with E-state index in [1.807, 2.05) is 23.7 Å². The molecule has 0 aliphatic heterocycles. The zero-order chi connectivity index (χ0) is 12.5. The van der Waals surface area contributed by atoms with Crippen molar-refractivity contribution in [2.45, 2.75) is 13.5 Å². The molecule has 0 bridgehead atoms. The van der Waals surface area contributed by atoms with Crippen LogP contribution < -0.4 is 5.32 Å². The van der Waals surface area contributed by atoms with Crippen LogP contribution in [0.5, 0.6) is 0 Å². The van der Waals surface area contributed by atoms with Crippen molar-refractivity contribution in [1.29, 1.82) is 0 Å². The molecule has 18 heavy (non-hydrogen) atoms. The fourth-order valence-corrected chi connectivity index (χ4v) is 2.06. The van der Waals surface area contributed by atoms with E-state index in [0.717, 1.165) is 16.0 Å². The van der Waals surface area contributed by atoms with Crippen LogP contribution in [0, 0.1) is 6.92 Å². The Balaban J connectivity index is 1.87. The van der Waals surface area contributed by atoms with Gasteiger partial charge in [0.2, 0.25) is 5.89 Å². The molecule has 0 saturated heterocycles. The lowest BCUT2D eigenvalue weighted by atomic mass is 10.5. The Bertz CT molecular complexity index is 690. The number of fused-ring (bicyclic) bond motifs is 1. The van der Waals surface area contributed by atoms with Crippen LogP contribution in [-0.4, -0.2) is 19.4 Å². The highest BCUT2D eigenvalue weighted by atomic mass is 79.9. The summed E-state index contributed by atoms with van der Waals surface area (Å²) in [5, 5.41) is 3.16. The third kappa shape index (κ3) is 2.08. The van der Waals surface area contributed by atoms with Gasteiger partial charge in [-0.2, -0.15) is 0 Å². The number of halogens is 1. The Morgan fingerprint density at radius 3 is 3.11 bits per heavy atom. The van der Waals surface area contributed by atoms with E-state index < -0.39 is 0 Å². The predicted octanol–water partition coefficient (Wildman–Crippen LogP) is 2.40. The van der Waals surface area contributed by atoms with Gasteiger partial charge in [-0.15, -0.1) is 0 Å². The average molecular weight is 308 g/mol. The van der Waals surface area contributed by atoms with Crippen molar-refractivity contribution in [2.75, 3.05) is 5.32 Å². The normalized spacial score (nSPS) is 11.0. The van der Waals surface area contributed by atoms with Crippen molar-refractivity contribution < 1.29 is 4.42 Å². The van der Waals surface area contributed by atoms with Crippen LogP contribution in [0.3, 0.4) is 0 Å². The van der Waals surface area contributed by atoms with Crippen molar-refractivity contribution in [1.82, 2.24) is 19.4 Å². The molecule has 3 rings (SSSR count). The smallest absolute Gasteiger partial charge is 0.213 e. The lowest BCUT2D eigenvalue weighted by Gasteiger charge is -2.05. The number of hydrogen-bond donors (Lipinski definition) is 1. The van der Waals surface area contributed by atoms with E-state index in [9.17, 15) is 0 Å². The molecular formula is C11H10BrN5O. The summed E-state index contributed by atoms with van der Waals surface area (Å²) in [6.45, 7) is 2.33. The molecule has 0 aliphatic carbocycles. The maximum absolute atomic E-state index is 5.39. The highest BCUT2D eigenvalue weighted by molar-refractivity contribution is 9.10. The minimum Gasteiger partial charge on any atom is -0.444 e. The van der Waals surface area contributed by atoms with Crippen molar-refractivity contribution >= 4 is 27.4 Å². The Morgan fingerprint density at radius 2 is 2.33 bits per heavy atom. The van der Waals surface area contributed by atoms with Crippen LogP contribution in [0.25, 0.3) is 5.65 Å². The number of oxazole rings is 1. The van der Waals surface area contributed by atoms with E-state index >= 15 is 0 Å². The van der Waals surface area contributed by atoms with Gasteiger partial charge in [-0.05, 0) is 22.9 Å². The fraction of sp³-hybridized carbons (Fsp3) is 0.182. The highest BCUT2D eigenvalue weighted by Crippen LogP contribution is 2.17. The molecule has 0 fully saturated rings. The zero-order valence-electron chi connectivity index (χ0n) is 9.59. The van der Waals surface area contributed by atoms with E-state index in [1.54, 1.807) is 12.4 Å². The third-order valence-corrected chi connectivity index (χ3v) is 2.80. The van der Waals surface area contributed by atoms with Crippen molar-refractivity contribution in [3.8, 4) is 0 Å². The van der Waals surface area contributed by atoms with Crippen molar-refractivity contribution in [3.63, 3.8) is 0 Å². The predicted molar refractivity (Wildman–Crippen MR) is 69.3 cm³/mol. The number of hydrogen-bond acceptors (Lipinski definition) is 5. The van der Waals surface area contributed by atoms with Gasteiger partial charge in [-0.1, -0.05) is 0 Å². The van der Waals surface area contributed by atoms with Crippen LogP contribution in [0.4, 0.5) is 5.82 Å². The second-order valence-corrected chi connectivity index (χ2v) is 4.60. The van der Waals surface area contributed by atoms with Gasteiger partial charge >= 0.3 is 0 Å². The van der Waals surface area contributed by atoms with Crippen LogP contribution in [-0.2, 0) is 6.54 Å². The summed E-state index contributed by atoms with van der Waals surface area (Å²) in [5.74, 6) is 2.10. The van der Waals surface area contributed by atoms with Crippen LogP contribution in [0.2, 0.25) is 0 Å². The molecule has 0 radical (unpaired) electrons. The first-order valence-corrected chi connectivity index (χ1v) is 6.16. The van der Waals surface area contributed by atoms with Gasteiger partial charge < -0.3 is 14.1 Å². The van der Waals surface area contributed by atoms with Gasteiger partial charge in [0, 0.05) is 18.6 Å². The van der Waals surface area contributed by atoms with E-state index in [4.69, 9.17) is 4.42 Å². The van der Waals surface area contributed by atoms with Gasteiger partial charge in [-0.25, -0.2) is 15.0 Å². The minimum absolute atomic E-state index is 0.472. The molecule has 6 nitrogen and oxygen atoms in total. The zero-order valence-corrected chi connectivity index (χ0v) is 11.2. The largest absolute Gasteiger partial charge is 0.444 e. The Kier molecular flexibility index (Phi) is 2.75. The molecule has 0 aliphatic rings. The minimum atomic E-state index is 0.472. The Hall–Kier alpha value is -1.89. The summed E-state index contributed by atoms with van der Waals surface area (Å²) in [6, 6.07) is 0. The van der Waals surface area contributed by atoms with E-state index in [2.05, 4.69) is 36.2 Å². The summed E-state index contributed by atoms with van der Waals surface area (Å²) in [7, 11) is 0. The first-order chi connectivity index (χ1) is 8.72. The summed E-state index contributed by atoms with van der Waals surface area (Å²) in [5.41, 5.74) is 0.765. The maximum atomic E-state index is 5.39. The molecule has 0 aromatic carbocycles. The average Bonchev–Trinajstić information content (AvgIpc) is 2.94. The van der Waals surface area contributed by atoms with Gasteiger partial charge in [0.1, 0.15) is 10.4 Å². The Morgan fingerprint density at radius 1 is 1.44 bits per heavy atom. The lowest BCUT2D eigenvalue weighted by molar-refractivity contribution is 0.479. The van der Waals surface area contributed by atoms with E-state index in [0.29, 0.717) is 18.3 Å². The summed E-state index contributed by atoms with van der Waals surface area (Å²) in [4.78, 5) is 12.7. The molecule has 1 N–H and O–H groups in total. The standard InChI is InChI=1S/C11H10BrN5O/c1-7-4-14-9(18-7)5-15-10-11-13-2-3-17(11)6-8(12)16-10/h2-4,6H,5H2,1H3,(H,15,16). The van der Waals surface area contributed by atoms with Crippen molar-refractivity contribution in [2.24, 2.45) is 0 Å². The van der Waals surface area contributed by atoms with Crippen LogP contribution in [0.15, 0.2) is 33.8 Å². The Labute approximate surface area is 111 Å². The SMILES string of the molecule is Cc1cnc(CNc2nc(Br)cn3ccnc23)o1. The van der Waals surface area contributed by atoms with Crippen molar-refractivity contribution in [3.05, 3.63) is 41.0 Å². The second-order valence-electron chi connectivity index (χ2n) is 3.79. The topological polar surface area (TPSA) is 68.2 Å². The number of nitrogens with zero attached hydrogens (tertiary/aromatic N) is 4. The summed E-state index contributed by atoms with van der Waals surface area (Å²) >= 11 is 3.36. The van der Waals surface area contributed by atoms with E-state index in [1.165, 1.54) is 0 Å². The second kappa shape index (κ2) is 4.41. The van der Waals surface area contributed by atoms with Gasteiger partial charge in [-0.3, -0.25) is 0 Å². The van der Waals surface area contributed by atoms with Gasteiger partial charge in [0.25, 0.3) is 0 Å². The first-order valence-electron chi connectivity index (χ1n) is 5.37. The number of rotatable bonds is 3. The highest BCUT2D eigenvalue weighted by Gasteiger charge is 2.07. The number of aryl methyl sites for hydroxylation is 1. The number of aromatic nitrogens is 4. The maximum Gasteiger partial charge on any atom is 0.213 e. The molecule has 0 spiro atoms. The summed E-state index contributed by atoms with van der Waals surface area (Å²) < 4.78 is 8.01.